The maximum Gasteiger partial charge on any atom is 0.340 e. The van der Waals surface area contributed by atoms with Gasteiger partial charge in [-0.05, 0) is 55.8 Å². The average Bonchev–Trinajstić information content (AvgIpc) is 2.38. The molecule has 0 saturated heterocycles. The minimum atomic E-state index is -2.10. The molecule has 0 amide bonds. The van der Waals surface area contributed by atoms with Gasteiger partial charge in [0.2, 0.25) is 0 Å². The molecule has 3 nitrogen and oxygen atoms in total. The Morgan fingerprint density at radius 3 is 2.10 bits per heavy atom. The van der Waals surface area contributed by atoms with Gasteiger partial charge in [-0.25, -0.2) is 4.79 Å². The van der Waals surface area contributed by atoms with Crippen LogP contribution in [0.25, 0.3) is 0 Å². The molecule has 4 rings (SSSR count). The molecule has 5 heteroatoms. The van der Waals surface area contributed by atoms with E-state index < -0.39 is 24.0 Å². The summed E-state index contributed by atoms with van der Waals surface area (Å²) in [5.41, 5.74) is -0.777. The third kappa shape index (κ3) is 2.32. The average molecular weight is 281 g/mol. The number of nitriles is 1. The Morgan fingerprint density at radius 1 is 1.10 bits per heavy atom. The topological polar surface area (TPSA) is 50.1 Å². The molecule has 0 atom stereocenters. The van der Waals surface area contributed by atoms with E-state index in [9.17, 15) is 13.6 Å². The SMILES string of the molecule is N#CCC(C(=O)OC1C2CC3CC(C2)CC1C3)=C(F)F. The molecular weight excluding hydrogens is 264 g/mol. The molecule has 4 fully saturated rings. The van der Waals surface area contributed by atoms with Crippen LogP contribution in [0.4, 0.5) is 8.78 Å². The summed E-state index contributed by atoms with van der Waals surface area (Å²) in [7, 11) is 0. The fraction of sp³-hybridized carbons (Fsp3) is 0.733. The molecule has 4 bridgehead atoms. The van der Waals surface area contributed by atoms with E-state index >= 15 is 0 Å². The van der Waals surface area contributed by atoms with Crippen LogP contribution in [-0.2, 0) is 9.53 Å². The molecule has 0 aromatic rings. The molecular formula is C15H17F2NO2. The number of esters is 1. The first-order chi connectivity index (χ1) is 9.58. The van der Waals surface area contributed by atoms with E-state index in [1.165, 1.54) is 6.42 Å². The summed E-state index contributed by atoms with van der Waals surface area (Å²) in [4.78, 5) is 11.9. The zero-order chi connectivity index (χ0) is 14.3. The van der Waals surface area contributed by atoms with Crippen LogP contribution in [0.2, 0.25) is 0 Å². The smallest absolute Gasteiger partial charge is 0.340 e. The van der Waals surface area contributed by atoms with Gasteiger partial charge in [-0.1, -0.05) is 0 Å². The number of hydrogen-bond donors (Lipinski definition) is 0. The van der Waals surface area contributed by atoms with Crippen LogP contribution >= 0.6 is 0 Å². The molecule has 0 aliphatic heterocycles. The summed E-state index contributed by atoms with van der Waals surface area (Å²) in [5, 5.41) is 8.52. The molecule has 0 unspecified atom stereocenters. The third-order valence-electron chi connectivity index (χ3n) is 5.11. The lowest BCUT2D eigenvalue weighted by Gasteiger charge is -2.53. The van der Waals surface area contributed by atoms with Crippen LogP contribution in [0.1, 0.15) is 38.5 Å². The fourth-order valence-corrected chi connectivity index (χ4v) is 4.56. The minimum absolute atomic E-state index is 0.219. The quantitative estimate of drug-likeness (QED) is 0.588. The number of hydrogen-bond acceptors (Lipinski definition) is 3. The minimum Gasteiger partial charge on any atom is -0.458 e. The molecule has 0 radical (unpaired) electrons. The van der Waals surface area contributed by atoms with E-state index in [1.54, 1.807) is 6.07 Å². The van der Waals surface area contributed by atoms with Crippen molar-refractivity contribution in [3.05, 3.63) is 11.7 Å². The first kappa shape index (κ1) is 13.5. The summed E-state index contributed by atoms with van der Waals surface area (Å²) in [6, 6.07) is 1.59. The number of rotatable bonds is 3. The van der Waals surface area contributed by atoms with Crippen LogP contribution in [-0.4, -0.2) is 12.1 Å². The van der Waals surface area contributed by atoms with Crippen LogP contribution in [0, 0.1) is 35.0 Å². The number of ether oxygens (including phenoxy) is 1. The van der Waals surface area contributed by atoms with Crippen molar-refractivity contribution in [3.63, 3.8) is 0 Å². The van der Waals surface area contributed by atoms with Gasteiger partial charge in [0.25, 0.3) is 6.08 Å². The molecule has 0 spiro atoms. The summed E-state index contributed by atoms with van der Waals surface area (Å²) < 4.78 is 30.7. The maximum absolute atomic E-state index is 12.7. The van der Waals surface area contributed by atoms with E-state index in [4.69, 9.17) is 10.00 Å². The summed E-state index contributed by atoms with van der Waals surface area (Å²) >= 11 is 0. The van der Waals surface area contributed by atoms with Crippen molar-refractivity contribution in [2.75, 3.05) is 0 Å². The van der Waals surface area contributed by atoms with Crippen LogP contribution in [0.15, 0.2) is 11.7 Å². The van der Waals surface area contributed by atoms with E-state index in [-0.39, 0.29) is 6.10 Å². The van der Waals surface area contributed by atoms with Crippen molar-refractivity contribution in [3.8, 4) is 6.07 Å². The highest BCUT2D eigenvalue weighted by Gasteiger charge is 2.50. The van der Waals surface area contributed by atoms with E-state index in [0.29, 0.717) is 11.8 Å². The van der Waals surface area contributed by atoms with Crippen molar-refractivity contribution in [1.29, 1.82) is 5.26 Å². The third-order valence-corrected chi connectivity index (χ3v) is 5.11. The van der Waals surface area contributed by atoms with Gasteiger partial charge < -0.3 is 4.74 Å². The zero-order valence-corrected chi connectivity index (χ0v) is 11.1. The first-order valence-corrected chi connectivity index (χ1v) is 7.20. The van der Waals surface area contributed by atoms with Crippen LogP contribution < -0.4 is 0 Å². The van der Waals surface area contributed by atoms with Gasteiger partial charge in [0, 0.05) is 0 Å². The molecule has 0 N–H and O–H groups in total. The highest BCUT2D eigenvalue weighted by atomic mass is 19.3. The first-order valence-electron chi connectivity index (χ1n) is 7.20. The Bertz CT molecular complexity index is 463. The van der Waals surface area contributed by atoms with Gasteiger partial charge in [0.15, 0.2) is 0 Å². The molecule has 4 aliphatic carbocycles. The molecule has 0 aromatic carbocycles. The predicted octanol–water partition coefficient (Wildman–Crippen LogP) is 3.42. The molecule has 0 aromatic heterocycles. The fourth-order valence-electron chi connectivity index (χ4n) is 4.56. The van der Waals surface area contributed by atoms with Crippen molar-refractivity contribution in [2.45, 2.75) is 44.6 Å². The van der Waals surface area contributed by atoms with Gasteiger partial charge in [-0.3, -0.25) is 0 Å². The Labute approximate surface area is 116 Å². The maximum atomic E-state index is 12.7. The monoisotopic (exact) mass is 281 g/mol. The number of halogens is 2. The number of nitrogens with zero attached hydrogens (tertiary/aromatic N) is 1. The number of carbonyl (C=O) groups excluding carboxylic acids is 1. The van der Waals surface area contributed by atoms with Gasteiger partial charge in [0.05, 0.1) is 12.5 Å². The van der Waals surface area contributed by atoms with Crippen molar-refractivity contribution < 1.29 is 18.3 Å². The second-order valence-corrected chi connectivity index (χ2v) is 6.37. The molecule has 4 aliphatic rings. The predicted molar refractivity (Wildman–Crippen MR) is 66.4 cm³/mol. The normalized spacial score (nSPS) is 37.4. The Hall–Kier alpha value is -1.44. The highest BCUT2D eigenvalue weighted by Crippen LogP contribution is 2.54. The van der Waals surface area contributed by atoms with E-state index in [0.717, 1.165) is 37.5 Å². The lowest BCUT2D eigenvalue weighted by atomic mass is 9.55. The van der Waals surface area contributed by atoms with Crippen LogP contribution in [0.5, 0.6) is 0 Å². The van der Waals surface area contributed by atoms with Crippen molar-refractivity contribution in [1.82, 2.24) is 0 Å². The number of carbonyl (C=O) groups is 1. The summed E-state index contributed by atoms with van der Waals surface area (Å²) in [6.45, 7) is 0. The van der Waals surface area contributed by atoms with Gasteiger partial charge in [-0.2, -0.15) is 14.0 Å². The molecule has 108 valence electrons. The van der Waals surface area contributed by atoms with E-state index in [2.05, 4.69) is 0 Å². The largest absolute Gasteiger partial charge is 0.458 e. The van der Waals surface area contributed by atoms with Gasteiger partial charge >= 0.3 is 5.97 Å². The Balaban J connectivity index is 1.71. The van der Waals surface area contributed by atoms with E-state index in [1.807, 2.05) is 0 Å². The van der Waals surface area contributed by atoms with Crippen LogP contribution in [0.3, 0.4) is 0 Å². The standard InChI is InChI=1S/C15H17F2NO2/c16-14(17)12(1-2-18)15(19)20-13-10-4-8-3-9(6-10)7-11(13)5-8/h8-11,13H,1,3-7H2. The van der Waals surface area contributed by atoms with Gasteiger partial charge in [-0.15, -0.1) is 0 Å². The second kappa shape index (κ2) is 5.16. The molecule has 0 heterocycles. The Kier molecular flexibility index (Phi) is 3.49. The van der Waals surface area contributed by atoms with Crippen molar-refractivity contribution in [2.24, 2.45) is 23.7 Å². The lowest BCUT2D eigenvalue weighted by molar-refractivity contribution is -0.166. The highest BCUT2D eigenvalue weighted by molar-refractivity contribution is 5.89. The summed E-state index contributed by atoms with van der Waals surface area (Å²) in [6.07, 6.45) is 2.60. The Morgan fingerprint density at radius 2 is 1.65 bits per heavy atom. The van der Waals surface area contributed by atoms with Gasteiger partial charge in [0.1, 0.15) is 11.7 Å². The van der Waals surface area contributed by atoms with Crippen molar-refractivity contribution >= 4 is 5.97 Å². The lowest BCUT2D eigenvalue weighted by Crippen LogP contribution is -2.50. The zero-order valence-electron chi connectivity index (χ0n) is 11.1. The second-order valence-electron chi connectivity index (χ2n) is 6.37. The molecule has 20 heavy (non-hydrogen) atoms. The summed E-state index contributed by atoms with van der Waals surface area (Å²) in [5.74, 6) is 1.14. The molecule has 4 saturated carbocycles.